The van der Waals surface area contributed by atoms with Gasteiger partial charge >= 0.3 is 6.18 Å². The van der Waals surface area contributed by atoms with Crippen LogP contribution < -0.4 is 10.9 Å². The van der Waals surface area contributed by atoms with E-state index >= 15 is 0 Å². The van der Waals surface area contributed by atoms with Crippen LogP contribution in [-0.4, -0.2) is 27.7 Å². The first kappa shape index (κ1) is 21.0. The molecule has 3 heterocycles. The van der Waals surface area contributed by atoms with Gasteiger partial charge in [0.15, 0.2) is 0 Å². The van der Waals surface area contributed by atoms with E-state index in [2.05, 4.69) is 21.9 Å². The van der Waals surface area contributed by atoms with Gasteiger partial charge in [0.1, 0.15) is 12.1 Å². The second kappa shape index (κ2) is 8.14. The van der Waals surface area contributed by atoms with Gasteiger partial charge in [0.25, 0.3) is 5.56 Å². The van der Waals surface area contributed by atoms with Gasteiger partial charge in [-0.1, -0.05) is 18.7 Å². The Morgan fingerprint density at radius 1 is 1.26 bits per heavy atom. The second-order valence-corrected chi connectivity index (χ2v) is 7.46. The van der Waals surface area contributed by atoms with Crippen LogP contribution in [-0.2, 0) is 10.9 Å². The lowest BCUT2D eigenvalue weighted by molar-refractivity contribution is -0.138. The first-order valence-electron chi connectivity index (χ1n) is 9.83. The minimum absolute atomic E-state index is 0.00705. The molecule has 9 heteroatoms. The predicted octanol–water partition coefficient (Wildman–Crippen LogP) is 4.55. The number of rotatable bonds is 4. The van der Waals surface area contributed by atoms with Crippen molar-refractivity contribution in [2.24, 2.45) is 0 Å². The number of halogens is 3. The molecule has 4 rings (SSSR count). The Morgan fingerprint density at radius 3 is 2.71 bits per heavy atom. The number of hydrogen-bond acceptors (Lipinski definition) is 5. The minimum Gasteiger partial charge on any atom is -0.381 e. The molecule has 0 aliphatic carbocycles. The molecule has 1 N–H and O–H groups in total. The molecule has 0 atom stereocenters. The van der Waals surface area contributed by atoms with E-state index in [1.54, 1.807) is 16.8 Å². The summed E-state index contributed by atoms with van der Waals surface area (Å²) in [5.74, 6) is 0.368. The molecule has 0 amide bonds. The largest absolute Gasteiger partial charge is 0.416 e. The number of fused-ring (bicyclic) bond motifs is 1. The number of nitrogens with zero attached hydrogens (tertiary/aromatic N) is 3. The summed E-state index contributed by atoms with van der Waals surface area (Å²) in [7, 11) is 0. The summed E-state index contributed by atoms with van der Waals surface area (Å²) in [4.78, 5) is 21.0. The lowest BCUT2D eigenvalue weighted by atomic mass is 10.00. The first-order chi connectivity index (χ1) is 14.8. The van der Waals surface area contributed by atoms with E-state index in [4.69, 9.17) is 4.74 Å². The van der Waals surface area contributed by atoms with Gasteiger partial charge in [-0.05, 0) is 31.4 Å². The molecular weight excluding hydrogens is 409 g/mol. The zero-order valence-electron chi connectivity index (χ0n) is 16.9. The highest BCUT2D eigenvalue weighted by Gasteiger charge is 2.33. The smallest absolute Gasteiger partial charge is 0.381 e. The van der Waals surface area contributed by atoms with Gasteiger partial charge in [-0.2, -0.15) is 13.2 Å². The minimum atomic E-state index is -4.46. The van der Waals surface area contributed by atoms with Crippen LogP contribution in [0.4, 0.5) is 19.0 Å². The van der Waals surface area contributed by atoms with Crippen molar-refractivity contribution >= 4 is 22.4 Å². The van der Waals surface area contributed by atoms with Crippen molar-refractivity contribution in [2.45, 2.75) is 32.0 Å². The van der Waals surface area contributed by atoms with Crippen LogP contribution in [0.5, 0.6) is 0 Å². The van der Waals surface area contributed by atoms with Crippen LogP contribution >= 0.6 is 0 Å². The van der Waals surface area contributed by atoms with Crippen molar-refractivity contribution in [1.29, 1.82) is 0 Å². The molecule has 31 heavy (non-hydrogen) atoms. The lowest BCUT2D eigenvalue weighted by Crippen LogP contribution is -2.28. The van der Waals surface area contributed by atoms with Gasteiger partial charge in [-0.15, -0.1) is 0 Å². The maximum absolute atomic E-state index is 13.3. The van der Waals surface area contributed by atoms with Gasteiger partial charge in [0, 0.05) is 42.8 Å². The number of benzene rings is 1. The summed E-state index contributed by atoms with van der Waals surface area (Å²) in [5, 5.41) is 3.60. The number of nitrogens with one attached hydrogen (secondary N) is 1. The van der Waals surface area contributed by atoms with E-state index in [9.17, 15) is 18.0 Å². The molecule has 1 aliphatic rings. The fraction of sp³-hybridized carbons (Fsp3) is 0.318. The van der Waals surface area contributed by atoms with E-state index in [-0.39, 0.29) is 22.9 Å². The van der Waals surface area contributed by atoms with E-state index in [0.29, 0.717) is 35.5 Å². The highest BCUT2D eigenvalue weighted by Crippen LogP contribution is 2.35. The molecule has 3 aromatic rings. The van der Waals surface area contributed by atoms with E-state index in [1.165, 1.54) is 25.4 Å². The van der Waals surface area contributed by atoms with Gasteiger partial charge in [-0.3, -0.25) is 4.79 Å². The van der Waals surface area contributed by atoms with E-state index in [1.807, 2.05) is 0 Å². The molecule has 1 aliphatic heterocycles. The molecule has 1 fully saturated rings. The molecule has 162 valence electrons. The number of pyridine rings is 1. The maximum atomic E-state index is 13.3. The lowest BCUT2D eigenvalue weighted by Gasteiger charge is -2.24. The van der Waals surface area contributed by atoms with E-state index < -0.39 is 11.7 Å². The highest BCUT2D eigenvalue weighted by atomic mass is 19.4. The normalized spacial score (nSPS) is 15.2. The van der Waals surface area contributed by atoms with Crippen molar-refractivity contribution < 1.29 is 17.9 Å². The van der Waals surface area contributed by atoms with Crippen LogP contribution in [0.25, 0.3) is 16.6 Å². The number of anilines is 1. The molecule has 0 radical (unpaired) electrons. The van der Waals surface area contributed by atoms with Crippen LogP contribution in [0.15, 0.2) is 48.2 Å². The third-order valence-electron chi connectivity index (χ3n) is 5.52. The van der Waals surface area contributed by atoms with Crippen molar-refractivity contribution in [3.63, 3.8) is 0 Å². The molecule has 1 aromatic carbocycles. The van der Waals surface area contributed by atoms with Crippen molar-refractivity contribution in [3.8, 4) is 0 Å². The third-order valence-corrected chi connectivity index (χ3v) is 5.52. The summed E-state index contributed by atoms with van der Waals surface area (Å²) in [6.45, 7) is 6.49. The summed E-state index contributed by atoms with van der Waals surface area (Å²) >= 11 is 0. The van der Waals surface area contributed by atoms with Crippen LogP contribution in [0.2, 0.25) is 0 Å². The number of ether oxygens (including phenoxy) is 1. The monoisotopic (exact) mass is 430 g/mol. The maximum Gasteiger partial charge on any atom is 0.416 e. The zero-order chi connectivity index (χ0) is 22.2. The molecule has 0 unspecified atom stereocenters. The summed E-state index contributed by atoms with van der Waals surface area (Å²) in [6, 6.07) is 5.40. The molecule has 0 saturated carbocycles. The summed E-state index contributed by atoms with van der Waals surface area (Å²) < 4.78 is 46.8. The Kier molecular flexibility index (Phi) is 5.53. The topological polar surface area (TPSA) is 69.0 Å². The fourth-order valence-corrected chi connectivity index (χ4v) is 3.87. The summed E-state index contributed by atoms with van der Waals surface area (Å²) in [5.41, 5.74) is 0.238. The molecule has 2 aromatic heterocycles. The highest BCUT2D eigenvalue weighted by molar-refractivity contribution is 5.92. The number of hydrogen-bond donors (Lipinski definition) is 1. The molecule has 1 saturated heterocycles. The van der Waals surface area contributed by atoms with Crippen molar-refractivity contribution in [3.05, 3.63) is 70.4 Å². The Bertz CT molecular complexity index is 1200. The zero-order valence-corrected chi connectivity index (χ0v) is 16.9. The van der Waals surface area contributed by atoms with Gasteiger partial charge in [0.05, 0.1) is 16.5 Å². The SMILES string of the molecule is C=C(Nc1ncnc2cc(=O)n(C3CCOCC3)cc12)c1cccc(C(F)(F)F)c1C. The molecule has 0 spiro atoms. The second-order valence-electron chi connectivity index (χ2n) is 7.46. The van der Waals surface area contributed by atoms with Crippen LogP contribution in [0.3, 0.4) is 0 Å². The predicted molar refractivity (Wildman–Crippen MR) is 112 cm³/mol. The van der Waals surface area contributed by atoms with E-state index in [0.717, 1.165) is 18.9 Å². The van der Waals surface area contributed by atoms with Crippen LogP contribution in [0.1, 0.15) is 35.6 Å². The van der Waals surface area contributed by atoms with Gasteiger partial charge in [-0.25, -0.2) is 9.97 Å². The van der Waals surface area contributed by atoms with Crippen LogP contribution in [0, 0.1) is 6.92 Å². The molecule has 6 nitrogen and oxygen atoms in total. The molecular formula is C22H21F3N4O2. The summed E-state index contributed by atoms with van der Waals surface area (Å²) in [6.07, 6.45) is -0.0186. The number of aromatic nitrogens is 3. The average Bonchev–Trinajstić information content (AvgIpc) is 2.73. The van der Waals surface area contributed by atoms with Gasteiger partial charge < -0.3 is 14.6 Å². The van der Waals surface area contributed by atoms with Crippen molar-refractivity contribution in [1.82, 2.24) is 14.5 Å². The fourth-order valence-electron chi connectivity index (χ4n) is 3.87. The standard InChI is InChI=1S/C22H21F3N4O2/c1-13-16(4-3-5-18(13)22(23,24)25)14(2)28-21-17-11-29(15-6-8-31-9-7-15)20(30)10-19(17)26-12-27-21/h3-5,10-12,15H,2,6-9H2,1H3,(H,26,27,28). The Hall–Kier alpha value is -3.20. The average molecular weight is 430 g/mol. The third kappa shape index (κ3) is 4.18. The van der Waals surface area contributed by atoms with Gasteiger partial charge in [0.2, 0.25) is 0 Å². The molecule has 0 bridgehead atoms. The Balaban J connectivity index is 1.72. The first-order valence-corrected chi connectivity index (χ1v) is 9.83. The van der Waals surface area contributed by atoms with Crippen molar-refractivity contribution in [2.75, 3.05) is 18.5 Å². The quantitative estimate of drug-likeness (QED) is 0.658. The Morgan fingerprint density at radius 2 is 2.00 bits per heavy atom. The Labute approximate surface area is 176 Å². The number of alkyl halides is 3.